The Kier molecular flexibility index (Phi) is 2.98. The fourth-order valence-electron chi connectivity index (χ4n) is 4.92. The van der Waals surface area contributed by atoms with Crippen molar-refractivity contribution in [2.24, 2.45) is 23.7 Å². The molecule has 0 amide bonds. The lowest BCUT2D eigenvalue weighted by molar-refractivity contribution is -0.125. The van der Waals surface area contributed by atoms with Crippen LogP contribution in [0.4, 0.5) is 0 Å². The maximum atomic E-state index is 12.9. The van der Waals surface area contributed by atoms with Crippen molar-refractivity contribution in [1.29, 1.82) is 0 Å². The normalized spacial score (nSPS) is 38.8. The Hall–Kier alpha value is -1.11. The number of Topliss-reactive ketones (excluding diaryl/α,β-unsaturated/α-hetero) is 1. The maximum absolute atomic E-state index is 12.9. The Labute approximate surface area is 121 Å². The first kappa shape index (κ1) is 12.6. The standard InChI is InChI=1S/C19H24O/c1-12-5-4-7-14(11-12)19(20)18-16-10-9-13-6-2-3-8-15(13)17(16)18/h2-3,6,8,12,14,16-18H,4-5,7,9-11H2,1H3. The molecule has 1 aromatic carbocycles. The van der Waals surface area contributed by atoms with Crippen LogP contribution in [0.5, 0.6) is 0 Å². The second-order valence-electron chi connectivity index (χ2n) is 7.32. The van der Waals surface area contributed by atoms with Gasteiger partial charge >= 0.3 is 0 Å². The van der Waals surface area contributed by atoms with Crippen LogP contribution in [0.2, 0.25) is 0 Å². The number of carbonyl (C=O) groups excluding carboxylic acids is 1. The van der Waals surface area contributed by atoms with Gasteiger partial charge in [-0.05, 0) is 54.6 Å². The largest absolute Gasteiger partial charge is 0.299 e. The summed E-state index contributed by atoms with van der Waals surface area (Å²) in [5.74, 6) is 3.36. The van der Waals surface area contributed by atoms with Gasteiger partial charge in [0.15, 0.2) is 0 Å². The minimum absolute atomic E-state index is 0.369. The van der Waals surface area contributed by atoms with E-state index in [0.29, 0.717) is 29.5 Å². The van der Waals surface area contributed by atoms with Gasteiger partial charge in [0.25, 0.3) is 0 Å². The molecule has 2 fully saturated rings. The summed E-state index contributed by atoms with van der Waals surface area (Å²) in [7, 11) is 0. The molecule has 3 aliphatic rings. The molecule has 106 valence electrons. The van der Waals surface area contributed by atoms with E-state index in [-0.39, 0.29) is 0 Å². The van der Waals surface area contributed by atoms with Gasteiger partial charge in [-0.15, -0.1) is 0 Å². The zero-order chi connectivity index (χ0) is 13.7. The van der Waals surface area contributed by atoms with Crippen molar-refractivity contribution in [2.45, 2.75) is 51.4 Å². The van der Waals surface area contributed by atoms with Crippen molar-refractivity contribution >= 4 is 5.78 Å². The van der Waals surface area contributed by atoms with Crippen molar-refractivity contribution in [3.8, 4) is 0 Å². The van der Waals surface area contributed by atoms with Crippen LogP contribution in [0, 0.1) is 23.7 Å². The summed E-state index contributed by atoms with van der Waals surface area (Å²) in [5, 5.41) is 0. The van der Waals surface area contributed by atoms with Gasteiger partial charge in [-0.1, -0.05) is 44.0 Å². The quantitative estimate of drug-likeness (QED) is 0.779. The predicted octanol–water partition coefficient (Wildman–Crippen LogP) is 4.36. The second kappa shape index (κ2) is 4.72. The highest BCUT2D eigenvalue weighted by Gasteiger charge is 2.57. The van der Waals surface area contributed by atoms with Crippen molar-refractivity contribution in [1.82, 2.24) is 0 Å². The van der Waals surface area contributed by atoms with Crippen molar-refractivity contribution in [3.63, 3.8) is 0 Å². The SMILES string of the molecule is CC1CCCC(C(=O)C2C3CCc4ccccc4C32)C1. The third-order valence-electron chi connectivity index (χ3n) is 6.00. The van der Waals surface area contributed by atoms with Crippen LogP contribution in [0.25, 0.3) is 0 Å². The van der Waals surface area contributed by atoms with Crippen LogP contribution >= 0.6 is 0 Å². The molecule has 20 heavy (non-hydrogen) atoms. The topological polar surface area (TPSA) is 17.1 Å². The van der Waals surface area contributed by atoms with E-state index in [1.807, 2.05) is 0 Å². The molecule has 0 radical (unpaired) electrons. The van der Waals surface area contributed by atoms with E-state index in [9.17, 15) is 4.79 Å². The van der Waals surface area contributed by atoms with E-state index >= 15 is 0 Å². The lowest BCUT2D eigenvalue weighted by atomic mass is 9.79. The number of hydrogen-bond acceptors (Lipinski definition) is 1. The number of carbonyl (C=O) groups is 1. The molecule has 5 atom stereocenters. The molecule has 1 aromatic rings. The van der Waals surface area contributed by atoms with Gasteiger partial charge < -0.3 is 0 Å². The maximum Gasteiger partial charge on any atom is 0.139 e. The van der Waals surface area contributed by atoms with Crippen LogP contribution in [0.15, 0.2) is 24.3 Å². The number of hydrogen-bond donors (Lipinski definition) is 0. The number of benzene rings is 1. The van der Waals surface area contributed by atoms with Gasteiger partial charge in [0.1, 0.15) is 5.78 Å². The van der Waals surface area contributed by atoms with Crippen molar-refractivity contribution in [3.05, 3.63) is 35.4 Å². The average Bonchev–Trinajstić information content (AvgIpc) is 3.21. The average molecular weight is 268 g/mol. The summed E-state index contributed by atoms with van der Waals surface area (Å²) >= 11 is 0. The molecule has 2 saturated carbocycles. The molecule has 0 aliphatic heterocycles. The fraction of sp³-hybridized carbons (Fsp3) is 0.632. The van der Waals surface area contributed by atoms with E-state index in [4.69, 9.17) is 0 Å². The van der Waals surface area contributed by atoms with Gasteiger partial charge in [0.2, 0.25) is 0 Å². The molecule has 0 spiro atoms. The van der Waals surface area contributed by atoms with Gasteiger partial charge in [-0.2, -0.15) is 0 Å². The first-order chi connectivity index (χ1) is 9.75. The zero-order valence-electron chi connectivity index (χ0n) is 12.3. The Morgan fingerprint density at radius 1 is 1.15 bits per heavy atom. The summed E-state index contributed by atoms with van der Waals surface area (Å²) in [6.07, 6.45) is 7.31. The summed E-state index contributed by atoms with van der Waals surface area (Å²) in [4.78, 5) is 12.9. The van der Waals surface area contributed by atoms with Gasteiger partial charge in [-0.3, -0.25) is 4.79 Å². The minimum atomic E-state index is 0.369. The first-order valence-electron chi connectivity index (χ1n) is 8.37. The fourth-order valence-corrected chi connectivity index (χ4v) is 4.92. The Morgan fingerprint density at radius 3 is 2.85 bits per heavy atom. The van der Waals surface area contributed by atoms with Gasteiger partial charge in [0.05, 0.1) is 0 Å². The highest BCUT2D eigenvalue weighted by molar-refractivity contribution is 5.88. The lowest BCUT2D eigenvalue weighted by Gasteiger charge is -2.25. The van der Waals surface area contributed by atoms with E-state index in [2.05, 4.69) is 31.2 Å². The number of rotatable bonds is 2. The lowest BCUT2D eigenvalue weighted by Crippen LogP contribution is -2.23. The van der Waals surface area contributed by atoms with E-state index in [0.717, 1.165) is 18.8 Å². The van der Waals surface area contributed by atoms with Gasteiger partial charge in [0, 0.05) is 11.8 Å². The van der Waals surface area contributed by atoms with Crippen LogP contribution in [0.3, 0.4) is 0 Å². The second-order valence-corrected chi connectivity index (χ2v) is 7.32. The summed E-state index contributed by atoms with van der Waals surface area (Å²) < 4.78 is 0. The highest BCUT2D eigenvalue weighted by atomic mass is 16.1. The molecule has 3 aliphatic carbocycles. The van der Waals surface area contributed by atoms with Crippen molar-refractivity contribution in [2.75, 3.05) is 0 Å². The van der Waals surface area contributed by atoms with E-state index in [1.54, 1.807) is 0 Å². The summed E-state index contributed by atoms with van der Waals surface area (Å²) in [6, 6.07) is 8.81. The Bertz CT molecular complexity index is 532. The predicted molar refractivity (Wildman–Crippen MR) is 80.6 cm³/mol. The summed E-state index contributed by atoms with van der Waals surface area (Å²) in [5.41, 5.74) is 2.99. The third kappa shape index (κ3) is 1.94. The molecule has 0 N–H and O–H groups in total. The Balaban J connectivity index is 1.53. The molecule has 0 heterocycles. The number of ketones is 1. The van der Waals surface area contributed by atoms with Gasteiger partial charge in [-0.25, -0.2) is 0 Å². The molecule has 1 nitrogen and oxygen atoms in total. The molecule has 4 rings (SSSR count). The molecule has 0 saturated heterocycles. The number of fused-ring (bicyclic) bond motifs is 3. The molecule has 5 unspecified atom stereocenters. The van der Waals surface area contributed by atoms with Crippen molar-refractivity contribution < 1.29 is 4.79 Å². The minimum Gasteiger partial charge on any atom is -0.299 e. The monoisotopic (exact) mass is 268 g/mol. The van der Waals surface area contributed by atoms with Crippen LogP contribution < -0.4 is 0 Å². The summed E-state index contributed by atoms with van der Waals surface area (Å²) in [6.45, 7) is 2.31. The smallest absolute Gasteiger partial charge is 0.139 e. The van der Waals surface area contributed by atoms with Crippen LogP contribution in [0.1, 0.15) is 56.1 Å². The Morgan fingerprint density at radius 2 is 2.00 bits per heavy atom. The molecule has 1 heteroatoms. The van der Waals surface area contributed by atoms with Crippen LogP contribution in [-0.2, 0) is 11.2 Å². The zero-order valence-corrected chi connectivity index (χ0v) is 12.3. The molecule has 0 bridgehead atoms. The van der Waals surface area contributed by atoms with E-state index < -0.39 is 0 Å². The highest BCUT2D eigenvalue weighted by Crippen LogP contribution is 2.61. The molecular weight excluding hydrogens is 244 g/mol. The molecular formula is C19H24O. The first-order valence-corrected chi connectivity index (χ1v) is 8.37. The molecule has 0 aromatic heterocycles. The van der Waals surface area contributed by atoms with E-state index in [1.165, 1.54) is 36.8 Å². The third-order valence-corrected chi connectivity index (χ3v) is 6.00. The number of aryl methyl sites for hydroxylation is 1. The van der Waals surface area contributed by atoms with Crippen LogP contribution in [-0.4, -0.2) is 5.78 Å².